The smallest absolute Gasteiger partial charge is 0.417 e. The van der Waals surface area contributed by atoms with Crippen LogP contribution in [0.4, 0.5) is 18.3 Å². The summed E-state index contributed by atoms with van der Waals surface area (Å²) >= 11 is 7.30. The average molecular weight is 475 g/mol. The average Bonchev–Trinajstić information content (AvgIpc) is 3.25. The van der Waals surface area contributed by atoms with Crippen molar-refractivity contribution < 1.29 is 17.9 Å². The fourth-order valence-corrected chi connectivity index (χ4v) is 3.49. The number of hydrazone groups is 1. The Balaban J connectivity index is 1.36. The normalized spacial score (nSPS) is 11.6. The van der Waals surface area contributed by atoms with Gasteiger partial charge in [-0.25, -0.2) is 9.97 Å². The highest BCUT2D eigenvalue weighted by atomic mass is 35.5. The Morgan fingerprint density at radius 2 is 1.81 bits per heavy atom. The second kappa shape index (κ2) is 9.37. The summed E-state index contributed by atoms with van der Waals surface area (Å²) in [5.41, 5.74) is 4.62. The molecule has 0 aliphatic carbocycles. The summed E-state index contributed by atoms with van der Waals surface area (Å²) in [6, 6.07) is 17.3. The predicted molar refractivity (Wildman–Crippen MR) is 120 cm³/mol. The minimum Gasteiger partial charge on any atom is -0.438 e. The van der Waals surface area contributed by atoms with E-state index < -0.39 is 11.7 Å². The van der Waals surface area contributed by atoms with Crippen molar-refractivity contribution in [1.29, 1.82) is 0 Å². The monoisotopic (exact) mass is 474 g/mol. The van der Waals surface area contributed by atoms with Gasteiger partial charge in [0, 0.05) is 17.1 Å². The molecule has 0 fully saturated rings. The third kappa shape index (κ3) is 5.43. The number of nitrogens with zero attached hydrogens (tertiary/aromatic N) is 3. The number of hydrogen-bond donors (Lipinski definition) is 1. The SMILES string of the molecule is FC(F)(F)c1cnc(Oc2ccc(C=NNc3nc(-c4ccccc4)cs3)cc2)c(Cl)c1. The van der Waals surface area contributed by atoms with E-state index in [0.29, 0.717) is 17.1 Å². The number of aromatic nitrogens is 2. The van der Waals surface area contributed by atoms with Crippen LogP contribution in [-0.4, -0.2) is 16.2 Å². The van der Waals surface area contributed by atoms with Gasteiger partial charge in [-0.05, 0) is 35.9 Å². The van der Waals surface area contributed by atoms with Crippen LogP contribution in [0.25, 0.3) is 11.3 Å². The van der Waals surface area contributed by atoms with Crippen molar-refractivity contribution in [3.05, 3.63) is 88.4 Å². The zero-order chi connectivity index (χ0) is 22.6. The molecule has 4 aromatic rings. The van der Waals surface area contributed by atoms with E-state index in [1.165, 1.54) is 11.3 Å². The zero-order valence-corrected chi connectivity index (χ0v) is 17.7. The number of halogens is 4. The number of rotatable bonds is 6. The van der Waals surface area contributed by atoms with E-state index >= 15 is 0 Å². The Kier molecular flexibility index (Phi) is 6.38. The van der Waals surface area contributed by atoms with Gasteiger partial charge in [0.15, 0.2) is 0 Å². The van der Waals surface area contributed by atoms with Gasteiger partial charge in [-0.2, -0.15) is 18.3 Å². The zero-order valence-electron chi connectivity index (χ0n) is 16.2. The van der Waals surface area contributed by atoms with Crippen molar-refractivity contribution in [3.63, 3.8) is 0 Å². The van der Waals surface area contributed by atoms with Gasteiger partial charge in [0.2, 0.25) is 11.0 Å². The minimum absolute atomic E-state index is 0.110. The topological polar surface area (TPSA) is 59.4 Å². The molecule has 0 atom stereocenters. The minimum atomic E-state index is -4.52. The Hall–Kier alpha value is -3.43. The molecule has 2 aromatic heterocycles. The highest BCUT2D eigenvalue weighted by molar-refractivity contribution is 7.14. The third-order valence-corrected chi connectivity index (χ3v) is 5.19. The summed E-state index contributed by atoms with van der Waals surface area (Å²) in [6.07, 6.45) is -2.24. The lowest BCUT2D eigenvalue weighted by Crippen LogP contribution is -2.05. The highest BCUT2D eigenvalue weighted by Crippen LogP contribution is 2.34. The van der Waals surface area contributed by atoms with Crippen LogP contribution in [0.1, 0.15) is 11.1 Å². The van der Waals surface area contributed by atoms with Crippen LogP contribution in [0.2, 0.25) is 5.02 Å². The van der Waals surface area contributed by atoms with Gasteiger partial charge in [0.05, 0.1) is 17.5 Å². The molecule has 2 aromatic carbocycles. The number of alkyl halides is 3. The van der Waals surface area contributed by atoms with E-state index in [1.54, 1.807) is 30.5 Å². The molecule has 0 radical (unpaired) electrons. The summed E-state index contributed by atoms with van der Waals surface area (Å²) in [7, 11) is 0. The van der Waals surface area contributed by atoms with Gasteiger partial charge >= 0.3 is 6.18 Å². The largest absolute Gasteiger partial charge is 0.438 e. The summed E-state index contributed by atoms with van der Waals surface area (Å²) in [6.45, 7) is 0. The molecule has 0 saturated heterocycles. The summed E-state index contributed by atoms with van der Waals surface area (Å²) in [5, 5.41) is 6.54. The molecule has 10 heteroatoms. The molecule has 4 rings (SSSR count). The fourth-order valence-electron chi connectivity index (χ4n) is 2.62. The molecule has 0 aliphatic rings. The van der Waals surface area contributed by atoms with Gasteiger partial charge in [0.1, 0.15) is 10.8 Å². The molecule has 1 N–H and O–H groups in total. The standard InChI is InChI=1S/C22H14ClF3N4OS/c23-18-10-16(22(24,25)26)12-27-20(18)31-17-8-6-14(7-9-17)11-28-30-21-29-19(13-32-21)15-4-2-1-3-5-15/h1-13H,(H,29,30). The van der Waals surface area contributed by atoms with E-state index in [4.69, 9.17) is 16.3 Å². The lowest BCUT2D eigenvalue weighted by Gasteiger charge is -2.10. The summed E-state index contributed by atoms with van der Waals surface area (Å²) < 4.78 is 43.6. The number of benzene rings is 2. The molecule has 0 spiro atoms. The number of hydrogen-bond acceptors (Lipinski definition) is 6. The van der Waals surface area contributed by atoms with Crippen LogP contribution >= 0.6 is 22.9 Å². The van der Waals surface area contributed by atoms with Gasteiger partial charge < -0.3 is 4.74 Å². The molecule has 0 amide bonds. The van der Waals surface area contributed by atoms with Crippen LogP contribution in [0.3, 0.4) is 0 Å². The second-order valence-corrected chi connectivity index (χ2v) is 7.72. The first kappa shape index (κ1) is 21.8. The Labute approximate surface area is 190 Å². The van der Waals surface area contributed by atoms with E-state index in [2.05, 4.69) is 20.5 Å². The van der Waals surface area contributed by atoms with Gasteiger partial charge in [0.25, 0.3) is 0 Å². The molecular weight excluding hydrogens is 461 g/mol. The molecule has 5 nitrogen and oxygen atoms in total. The van der Waals surface area contributed by atoms with E-state index in [0.717, 1.165) is 22.9 Å². The molecule has 0 unspecified atom stereocenters. The molecule has 0 saturated carbocycles. The first-order chi connectivity index (χ1) is 15.4. The van der Waals surface area contributed by atoms with Crippen molar-refractivity contribution in [1.82, 2.24) is 9.97 Å². The number of nitrogens with one attached hydrogen (secondary N) is 1. The van der Waals surface area contributed by atoms with Crippen molar-refractivity contribution in [3.8, 4) is 22.9 Å². The first-order valence-electron chi connectivity index (χ1n) is 9.19. The maximum atomic E-state index is 12.7. The number of ether oxygens (including phenoxy) is 1. The molecular formula is C22H14ClF3N4OS. The van der Waals surface area contributed by atoms with Gasteiger partial charge in [-0.15, -0.1) is 11.3 Å². The fraction of sp³-hybridized carbons (Fsp3) is 0.0455. The number of thiazole rings is 1. The lowest BCUT2D eigenvalue weighted by molar-refractivity contribution is -0.137. The van der Waals surface area contributed by atoms with Crippen LogP contribution in [0.15, 0.2) is 77.3 Å². The number of anilines is 1. The number of pyridine rings is 1. The molecule has 0 bridgehead atoms. The van der Waals surface area contributed by atoms with Crippen LogP contribution < -0.4 is 10.2 Å². The van der Waals surface area contributed by atoms with Crippen LogP contribution in [-0.2, 0) is 6.18 Å². The molecule has 2 heterocycles. The van der Waals surface area contributed by atoms with Gasteiger partial charge in [-0.1, -0.05) is 41.9 Å². The van der Waals surface area contributed by atoms with E-state index in [-0.39, 0.29) is 10.9 Å². The summed E-state index contributed by atoms with van der Waals surface area (Å²) in [5.74, 6) is 0.262. The van der Waals surface area contributed by atoms with Crippen molar-refractivity contribution in [2.45, 2.75) is 6.18 Å². The quantitative estimate of drug-likeness (QED) is 0.239. The van der Waals surface area contributed by atoms with Crippen molar-refractivity contribution >= 4 is 34.3 Å². The third-order valence-electron chi connectivity index (χ3n) is 4.18. The van der Waals surface area contributed by atoms with Crippen LogP contribution in [0, 0.1) is 0 Å². The lowest BCUT2D eigenvalue weighted by atomic mass is 10.2. The Morgan fingerprint density at radius 1 is 1.06 bits per heavy atom. The molecule has 0 aliphatic heterocycles. The maximum absolute atomic E-state index is 12.7. The predicted octanol–water partition coefficient (Wildman–Crippen LogP) is 7.12. The summed E-state index contributed by atoms with van der Waals surface area (Å²) in [4.78, 5) is 8.14. The van der Waals surface area contributed by atoms with E-state index in [9.17, 15) is 13.2 Å². The first-order valence-corrected chi connectivity index (χ1v) is 10.4. The second-order valence-electron chi connectivity index (χ2n) is 6.45. The molecule has 162 valence electrons. The maximum Gasteiger partial charge on any atom is 0.417 e. The van der Waals surface area contributed by atoms with Crippen LogP contribution in [0.5, 0.6) is 11.6 Å². The molecule has 32 heavy (non-hydrogen) atoms. The Morgan fingerprint density at radius 3 is 2.50 bits per heavy atom. The van der Waals surface area contributed by atoms with Gasteiger partial charge in [-0.3, -0.25) is 5.43 Å². The highest BCUT2D eigenvalue weighted by Gasteiger charge is 2.31. The Bertz CT molecular complexity index is 1230. The van der Waals surface area contributed by atoms with E-state index in [1.807, 2.05) is 35.7 Å². The van der Waals surface area contributed by atoms with Crippen molar-refractivity contribution in [2.75, 3.05) is 5.43 Å². The van der Waals surface area contributed by atoms with Crippen molar-refractivity contribution in [2.24, 2.45) is 5.10 Å².